The van der Waals surface area contributed by atoms with E-state index >= 15 is 0 Å². The van der Waals surface area contributed by atoms with Gasteiger partial charge < -0.3 is 29.3 Å². The largest absolute Gasteiger partial charge is 0.495 e. The van der Waals surface area contributed by atoms with Gasteiger partial charge in [-0.2, -0.15) is 5.10 Å². The van der Waals surface area contributed by atoms with Crippen LogP contribution in [0.15, 0.2) is 42.5 Å². The van der Waals surface area contributed by atoms with Crippen LogP contribution >= 0.6 is 23.2 Å². The third-order valence-corrected chi connectivity index (χ3v) is 7.88. The number of pyridine rings is 1. The minimum Gasteiger partial charge on any atom is -0.495 e. The van der Waals surface area contributed by atoms with Crippen LogP contribution in [0.4, 0.5) is 16.3 Å². The second-order valence-electron chi connectivity index (χ2n) is 11.3. The van der Waals surface area contributed by atoms with E-state index < -0.39 is 5.60 Å². The van der Waals surface area contributed by atoms with Gasteiger partial charge in [0.15, 0.2) is 11.5 Å². The van der Waals surface area contributed by atoms with Crippen LogP contribution in [0.1, 0.15) is 37.6 Å². The van der Waals surface area contributed by atoms with Gasteiger partial charge in [-0.15, -0.1) is 0 Å². The van der Waals surface area contributed by atoms with E-state index in [-0.39, 0.29) is 12.0 Å². The number of nitrogens with one attached hydrogen (secondary N) is 2. The Morgan fingerprint density at radius 3 is 2.25 bits per heavy atom. The number of hydrogen-bond acceptors (Lipinski definition) is 8. The lowest BCUT2D eigenvalue weighted by molar-refractivity contribution is 0.0263. The predicted octanol–water partition coefficient (Wildman–Crippen LogP) is 6.65. The Morgan fingerprint density at radius 2 is 1.61 bits per heavy atom. The maximum absolute atomic E-state index is 13.1. The zero-order valence-electron chi connectivity index (χ0n) is 25.2. The van der Waals surface area contributed by atoms with E-state index in [2.05, 4.69) is 25.4 Å². The molecule has 2 N–H and O–H groups in total. The van der Waals surface area contributed by atoms with Gasteiger partial charge in [0, 0.05) is 49.1 Å². The first-order valence-electron chi connectivity index (χ1n) is 14.1. The molecule has 0 bridgehead atoms. The van der Waals surface area contributed by atoms with E-state index in [0.717, 1.165) is 18.7 Å². The fourth-order valence-corrected chi connectivity index (χ4v) is 5.63. The number of hydrogen-bond donors (Lipinski definition) is 2. The molecule has 0 saturated carbocycles. The Kier molecular flexibility index (Phi) is 9.07. The molecule has 0 spiro atoms. The summed E-state index contributed by atoms with van der Waals surface area (Å²) in [6, 6.07) is 12.5. The SMILES string of the molecule is COc1cc(OC)c(Cl)c(-c2ccc3c(NC(=O)c4ccc(N5CCCN(C(=O)OC(C)(C)C)CC5)cc4)n[nH]c3n2)c1Cl. The minimum atomic E-state index is -0.533. The second-order valence-corrected chi connectivity index (χ2v) is 12.0. The van der Waals surface area contributed by atoms with E-state index in [4.69, 9.17) is 37.4 Å². The normalized spacial score (nSPS) is 13.9. The van der Waals surface area contributed by atoms with Crippen molar-refractivity contribution in [3.63, 3.8) is 0 Å². The average molecular weight is 642 g/mol. The molecule has 3 heterocycles. The molecule has 1 fully saturated rings. The van der Waals surface area contributed by atoms with Gasteiger partial charge in [-0.3, -0.25) is 9.89 Å². The van der Waals surface area contributed by atoms with Gasteiger partial charge in [-0.05, 0) is 63.6 Å². The molecule has 2 amide bonds. The number of carbonyl (C=O) groups is 2. The lowest BCUT2D eigenvalue weighted by atomic mass is 10.1. The van der Waals surface area contributed by atoms with Crippen LogP contribution in [0.3, 0.4) is 0 Å². The fraction of sp³-hybridized carbons (Fsp3) is 0.355. The number of aromatic nitrogens is 3. The highest BCUT2D eigenvalue weighted by Gasteiger charge is 2.25. The van der Waals surface area contributed by atoms with Crippen LogP contribution in [0.5, 0.6) is 11.5 Å². The van der Waals surface area contributed by atoms with Gasteiger partial charge in [0.25, 0.3) is 5.91 Å². The van der Waals surface area contributed by atoms with E-state index in [1.807, 2.05) is 32.9 Å². The van der Waals surface area contributed by atoms with Crippen molar-refractivity contribution in [2.45, 2.75) is 32.8 Å². The van der Waals surface area contributed by atoms with Gasteiger partial charge in [0.2, 0.25) is 0 Å². The summed E-state index contributed by atoms with van der Waals surface area (Å²) >= 11 is 13.1. The molecule has 0 aliphatic carbocycles. The molecule has 1 saturated heterocycles. The van der Waals surface area contributed by atoms with Gasteiger partial charge in [0.05, 0.1) is 35.3 Å². The lowest BCUT2D eigenvalue weighted by Gasteiger charge is -2.27. The van der Waals surface area contributed by atoms with Gasteiger partial charge >= 0.3 is 6.09 Å². The quantitative estimate of drug-likeness (QED) is 0.240. The summed E-state index contributed by atoms with van der Waals surface area (Å²) in [5.41, 5.74) is 2.28. The molecule has 232 valence electrons. The van der Waals surface area contributed by atoms with Crippen LogP contribution in [0.2, 0.25) is 10.0 Å². The summed E-state index contributed by atoms with van der Waals surface area (Å²) in [5, 5.41) is 11.2. The van der Waals surface area contributed by atoms with Crippen molar-refractivity contribution in [3.05, 3.63) is 58.1 Å². The summed E-state index contributed by atoms with van der Waals surface area (Å²) in [4.78, 5) is 34.2. The molecule has 0 atom stereocenters. The molecular weight excluding hydrogens is 607 g/mol. The molecule has 11 nitrogen and oxygen atoms in total. The molecule has 1 aliphatic heterocycles. The molecule has 0 unspecified atom stereocenters. The molecule has 1 aliphatic rings. The van der Waals surface area contributed by atoms with Crippen molar-refractivity contribution < 1.29 is 23.8 Å². The Hall–Kier alpha value is -4.22. The Morgan fingerprint density at radius 1 is 0.932 bits per heavy atom. The number of fused-ring (bicyclic) bond motifs is 1. The third kappa shape index (κ3) is 6.63. The van der Waals surface area contributed by atoms with E-state index in [9.17, 15) is 9.59 Å². The highest BCUT2D eigenvalue weighted by atomic mass is 35.5. The lowest BCUT2D eigenvalue weighted by Crippen LogP contribution is -2.39. The highest BCUT2D eigenvalue weighted by Crippen LogP contribution is 2.45. The van der Waals surface area contributed by atoms with Crippen LogP contribution in [0, 0.1) is 0 Å². The number of halogens is 2. The fourth-order valence-electron chi connectivity index (χ4n) is 4.94. The molecule has 5 rings (SSSR count). The number of rotatable bonds is 6. The van der Waals surface area contributed by atoms with Crippen LogP contribution in [-0.2, 0) is 4.74 Å². The zero-order chi connectivity index (χ0) is 31.6. The maximum Gasteiger partial charge on any atom is 0.410 e. The van der Waals surface area contributed by atoms with E-state index in [1.165, 1.54) is 14.2 Å². The summed E-state index contributed by atoms with van der Waals surface area (Å²) in [5.74, 6) is 0.812. The molecule has 2 aromatic heterocycles. The van der Waals surface area contributed by atoms with Gasteiger partial charge in [-0.25, -0.2) is 9.78 Å². The molecule has 44 heavy (non-hydrogen) atoms. The first-order chi connectivity index (χ1) is 21.0. The number of aromatic amines is 1. The number of anilines is 2. The number of methoxy groups -OCH3 is 2. The van der Waals surface area contributed by atoms with E-state index in [1.54, 1.807) is 35.2 Å². The Balaban J connectivity index is 1.28. The van der Waals surface area contributed by atoms with Crippen molar-refractivity contribution in [1.82, 2.24) is 20.1 Å². The van der Waals surface area contributed by atoms with Crippen molar-refractivity contribution in [1.29, 1.82) is 0 Å². The first kappa shape index (κ1) is 31.2. The highest BCUT2D eigenvalue weighted by molar-refractivity contribution is 6.41. The van der Waals surface area contributed by atoms with Crippen molar-refractivity contribution in [2.75, 3.05) is 50.6 Å². The molecule has 4 aromatic rings. The van der Waals surface area contributed by atoms with E-state index in [0.29, 0.717) is 74.9 Å². The van der Waals surface area contributed by atoms with Crippen molar-refractivity contribution >= 4 is 57.7 Å². The maximum atomic E-state index is 13.1. The predicted molar refractivity (Wildman–Crippen MR) is 171 cm³/mol. The monoisotopic (exact) mass is 640 g/mol. The smallest absolute Gasteiger partial charge is 0.410 e. The number of benzene rings is 2. The molecular formula is C31H34Cl2N6O5. The summed E-state index contributed by atoms with van der Waals surface area (Å²) in [6.07, 6.45) is 0.518. The number of H-pyrrole nitrogens is 1. The standard InChI is InChI=1S/C31H34Cl2N6O5/c1-31(2,3)44-30(41)39-14-6-13-38(15-16-39)19-9-7-18(8-10-19)29(40)35-28-20-11-12-21(34-27(20)36-37-28)24-25(32)22(42-4)17-23(43-5)26(24)33/h7-12,17H,6,13-16H2,1-5H3,(H2,34,35,36,37,40). The number of ether oxygens (including phenoxy) is 3. The zero-order valence-corrected chi connectivity index (χ0v) is 26.7. The molecule has 0 radical (unpaired) electrons. The number of amides is 2. The van der Waals surface area contributed by atoms with Crippen molar-refractivity contribution in [2.24, 2.45) is 0 Å². The molecule has 2 aromatic carbocycles. The van der Waals surface area contributed by atoms with Gasteiger partial charge in [-0.1, -0.05) is 23.2 Å². The Bertz CT molecular complexity index is 1660. The topological polar surface area (TPSA) is 122 Å². The second kappa shape index (κ2) is 12.8. The minimum absolute atomic E-state index is 0.294. The Labute approximate surface area is 265 Å². The summed E-state index contributed by atoms with van der Waals surface area (Å²) in [6.45, 7) is 8.24. The van der Waals surface area contributed by atoms with Crippen LogP contribution in [0.25, 0.3) is 22.3 Å². The molecule has 13 heteroatoms. The third-order valence-electron chi connectivity index (χ3n) is 7.13. The average Bonchev–Trinajstić information content (AvgIpc) is 3.21. The number of nitrogens with zero attached hydrogens (tertiary/aromatic N) is 4. The summed E-state index contributed by atoms with van der Waals surface area (Å²) < 4.78 is 16.3. The van der Waals surface area contributed by atoms with Crippen molar-refractivity contribution in [3.8, 4) is 22.8 Å². The van der Waals surface area contributed by atoms with Crippen LogP contribution in [-0.4, -0.2) is 78.1 Å². The van der Waals surface area contributed by atoms with Crippen LogP contribution < -0.4 is 19.7 Å². The van der Waals surface area contributed by atoms with Gasteiger partial charge in [0.1, 0.15) is 17.1 Å². The number of carbonyl (C=O) groups excluding carboxylic acids is 2. The summed E-state index contributed by atoms with van der Waals surface area (Å²) in [7, 11) is 3.01. The first-order valence-corrected chi connectivity index (χ1v) is 14.8.